The van der Waals surface area contributed by atoms with Crippen molar-refractivity contribution in [3.8, 4) is 5.75 Å². The molecule has 1 aliphatic rings. The molecule has 0 saturated heterocycles. The van der Waals surface area contributed by atoms with Crippen LogP contribution >= 0.6 is 11.8 Å². The van der Waals surface area contributed by atoms with Gasteiger partial charge in [0.15, 0.2) is 0 Å². The maximum atomic E-state index is 5.96. The van der Waals surface area contributed by atoms with Gasteiger partial charge in [-0.25, -0.2) is 0 Å². The van der Waals surface area contributed by atoms with E-state index in [1.807, 2.05) is 18.2 Å². The van der Waals surface area contributed by atoms with Crippen molar-refractivity contribution in [3.05, 3.63) is 54.1 Å². The zero-order valence-electron chi connectivity index (χ0n) is 9.01. The molecule has 0 spiro atoms. The fourth-order valence-electron chi connectivity index (χ4n) is 1.91. The van der Waals surface area contributed by atoms with Gasteiger partial charge < -0.3 is 4.74 Å². The third kappa shape index (κ3) is 1.59. The molecule has 1 aliphatic heterocycles. The zero-order valence-corrected chi connectivity index (χ0v) is 9.83. The highest BCUT2D eigenvalue weighted by Crippen LogP contribution is 2.43. The van der Waals surface area contributed by atoms with E-state index >= 15 is 0 Å². The average molecular weight is 228 g/mol. The van der Waals surface area contributed by atoms with E-state index < -0.39 is 0 Å². The highest BCUT2D eigenvalue weighted by molar-refractivity contribution is 7.99. The van der Waals surface area contributed by atoms with Gasteiger partial charge in [-0.2, -0.15) is 0 Å². The lowest BCUT2D eigenvalue weighted by atomic mass is 10.1. The monoisotopic (exact) mass is 228 g/mol. The minimum atomic E-state index is 0.118. The standard InChI is InChI=1S/C14H12OS/c1-10-11-6-2-4-8-13(11)16-14-9-5-3-7-12(14)15-10/h2-10H,1H3. The van der Waals surface area contributed by atoms with E-state index in [9.17, 15) is 0 Å². The van der Waals surface area contributed by atoms with Crippen molar-refractivity contribution in [1.82, 2.24) is 0 Å². The van der Waals surface area contributed by atoms with Crippen molar-refractivity contribution in [2.45, 2.75) is 22.8 Å². The summed E-state index contributed by atoms with van der Waals surface area (Å²) in [5.74, 6) is 0.983. The van der Waals surface area contributed by atoms with E-state index in [1.54, 1.807) is 11.8 Å². The molecule has 2 aromatic carbocycles. The summed E-state index contributed by atoms with van der Waals surface area (Å²) >= 11 is 1.78. The summed E-state index contributed by atoms with van der Waals surface area (Å²) in [6.45, 7) is 2.10. The minimum absolute atomic E-state index is 0.118. The molecule has 1 unspecified atom stereocenters. The quantitative estimate of drug-likeness (QED) is 0.665. The maximum absolute atomic E-state index is 5.96. The predicted octanol–water partition coefficient (Wildman–Crippen LogP) is 4.29. The number of hydrogen-bond donors (Lipinski definition) is 0. The summed E-state index contributed by atoms with van der Waals surface area (Å²) in [5, 5.41) is 0. The Morgan fingerprint density at radius 1 is 0.938 bits per heavy atom. The Morgan fingerprint density at radius 3 is 2.50 bits per heavy atom. The molecule has 0 saturated carbocycles. The van der Waals surface area contributed by atoms with Crippen LogP contribution in [0, 0.1) is 0 Å². The Hall–Kier alpha value is -1.41. The van der Waals surface area contributed by atoms with Crippen LogP contribution in [0.2, 0.25) is 0 Å². The summed E-state index contributed by atoms with van der Waals surface area (Å²) in [6, 6.07) is 16.6. The largest absolute Gasteiger partial charge is 0.485 e. The third-order valence-electron chi connectivity index (χ3n) is 2.73. The smallest absolute Gasteiger partial charge is 0.134 e. The Balaban J connectivity index is 2.15. The summed E-state index contributed by atoms with van der Waals surface area (Å²) in [6.07, 6.45) is 0.118. The minimum Gasteiger partial charge on any atom is -0.485 e. The molecular formula is C14H12OS. The fourth-order valence-corrected chi connectivity index (χ4v) is 3.01. The molecule has 0 fully saturated rings. The third-order valence-corrected chi connectivity index (χ3v) is 3.88. The van der Waals surface area contributed by atoms with E-state index in [4.69, 9.17) is 4.74 Å². The van der Waals surface area contributed by atoms with Gasteiger partial charge in [-0.05, 0) is 25.1 Å². The Bertz CT molecular complexity index is 522. The highest BCUT2D eigenvalue weighted by atomic mass is 32.2. The number of fused-ring (bicyclic) bond motifs is 2. The molecule has 3 rings (SSSR count). The fraction of sp³-hybridized carbons (Fsp3) is 0.143. The first-order valence-corrected chi connectivity index (χ1v) is 6.19. The van der Waals surface area contributed by atoms with Gasteiger partial charge in [-0.3, -0.25) is 0 Å². The van der Waals surface area contributed by atoms with Gasteiger partial charge in [0.2, 0.25) is 0 Å². The van der Waals surface area contributed by atoms with Gasteiger partial charge in [0, 0.05) is 10.5 Å². The van der Waals surface area contributed by atoms with E-state index in [0.717, 1.165) is 5.75 Å². The van der Waals surface area contributed by atoms with Crippen molar-refractivity contribution < 1.29 is 4.74 Å². The van der Waals surface area contributed by atoms with Crippen molar-refractivity contribution in [1.29, 1.82) is 0 Å². The zero-order chi connectivity index (χ0) is 11.0. The first-order valence-electron chi connectivity index (χ1n) is 5.37. The lowest BCUT2D eigenvalue weighted by Gasteiger charge is -2.13. The van der Waals surface area contributed by atoms with E-state index in [0.29, 0.717) is 0 Å². The Labute approximate surface area is 99.4 Å². The van der Waals surface area contributed by atoms with Crippen molar-refractivity contribution in [3.63, 3.8) is 0 Å². The van der Waals surface area contributed by atoms with Gasteiger partial charge >= 0.3 is 0 Å². The molecule has 2 aromatic rings. The number of rotatable bonds is 0. The normalized spacial score (nSPS) is 17.9. The van der Waals surface area contributed by atoms with E-state index in [2.05, 4.69) is 37.3 Å². The van der Waals surface area contributed by atoms with Crippen LogP contribution in [0.5, 0.6) is 5.75 Å². The number of benzene rings is 2. The van der Waals surface area contributed by atoms with Crippen LogP contribution in [0.15, 0.2) is 58.3 Å². The van der Waals surface area contributed by atoms with Gasteiger partial charge in [0.05, 0.1) is 4.90 Å². The number of ether oxygens (including phenoxy) is 1. The molecule has 1 atom stereocenters. The van der Waals surface area contributed by atoms with Crippen LogP contribution in [-0.2, 0) is 0 Å². The summed E-state index contributed by atoms with van der Waals surface area (Å²) < 4.78 is 5.96. The van der Waals surface area contributed by atoms with Gasteiger partial charge in [-0.15, -0.1) is 0 Å². The van der Waals surface area contributed by atoms with Gasteiger partial charge in [0.25, 0.3) is 0 Å². The van der Waals surface area contributed by atoms with Crippen LogP contribution in [0.3, 0.4) is 0 Å². The first kappa shape index (κ1) is 9.79. The van der Waals surface area contributed by atoms with Crippen LogP contribution in [0.25, 0.3) is 0 Å². The van der Waals surface area contributed by atoms with Gasteiger partial charge in [0.1, 0.15) is 11.9 Å². The second kappa shape index (κ2) is 3.87. The molecule has 1 nitrogen and oxygen atoms in total. The van der Waals surface area contributed by atoms with Crippen molar-refractivity contribution >= 4 is 11.8 Å². The van der Waals surface area contributed by atoms with Crippen LogP contribution in [-0.4, -0.2) is 0 Å². The summed E-state index contributed by atoms with van der Waals surface area (Å²) in [7, 11) is 0. The molecule has 0 aliphatic carbocycles. The molecule has 0 amide bonds. The lowest BCUT2D eigenvalue weighted by molar-refractivity contribution is 0.220. The summed E-state index contributed by atoms with van der Waals surface area (Å²) in [5.41, 5.74) is 1.27. The molecule has 0 radical (unpaired) electrons. The molecule has 16 heavy (non-hydrogen) atoms. The highest BCUT2D eigenvalue weighted by Gasteiger charge is 2.19. The van der Waals surface area contributed by atoms with Crippen LogP contribution in [0.4, 0.5) is 0 Å². The Kier molecular flexibility index (Phi) is 2.37. The maximum Gasteiger partial charge on any atom is 0.134 e. The molecule has 0 aromatic heterocycles. The average Bonchev–Trinajstić information content (AvgIpc) is 2.45. The van der Waals surface area contributed by atoms with Crippen LogP contribution < -0.4 is 4.74 Å². The second-order valence-corrected chi connectivity index (χ2v) is 4.93. The number of para-hydroxylation sites is 1. The Morgan fingerprint density at radius 2 is 1.62 bits per heavy atom. The van der Waals surface area contributed by atoms with E-state index in [-0.39, 0.29) is 6.10 Å². The molecule has 80 valence electrons. The first-order chi connectivity index (χ1) is 7.84. The molecule has 0 N–H and O–H groups in total. The second-order valence-electron chi connectivity index (χ2n) is 3.85. The van der Waals surface area contributed by atoms with Crippen molar-refractivity contribution in [2.24, 2.45) is 0 Å². The predicted molar refractivity (Wildman–Crippen MR) is 66.1 cm³/mol. The lowest BCUT2D eigenvalue weighted by Crippen LogP contribution is -2.02. The SMILES string of the molecule is CC1Oc2ccccc2Sc2ccccc21. The molecule has 2 heteroatoms. The molecule has 1 heterocycles. The summed E-state index contributed by atoms with van der Waals surface area (Å²) in [4.78, 5) is 2.49. The van der Waals surface area contributed by atoms with E-state index in [1.165, 1.54) is 15.4 Å². The van der Waals surface area contributed by atoms with Crippen molar-refractivity contribution in [2.75, 3.05) is 0 Å². The molecule has 0 bridgehead atoms. The van der Waals surface area contributed by atoms with Crippen LogP contribution in [0.1, 0.15) is 18.6 Å². The molecular weight excluding hydrogens is 216 g/mol. The number of hydrogen-bond acceptors (Lipinski definition) is 2. The van der Waals surface area contributed by atoms with Gasteiger partial charge in [-0.1, -0.05) is 42.1 Å². The topological polar surface area (TPSA) is 9.23 Å².